The van der Waals surface area contributed by atoms with Gasteiger partial charge in [-0.25, -0.2) is 13.6 Å². The van der Waals surface area contributed by atoms with Gasteiger partial charge in [0.25, 0.3) is 0 Å². The van der Waals surface area contributed by atoms with Crippen LogP contribution in [0.1, 0.15) is 35.1 Å². The van der Waals surface area contributed by atoms with Gasteiger partial charge in [0.2, 0.25) is 0 Å². The fourth-order valence-corrected chi connectivity index (χ4v) is 4.15. The van der Waals surface area contributed by atoms with Gasteiger partial charge in [-0.3, -0.25) is 0 Å². The first-order valence-corrected chi connectivity index (χ1v) is 10.5. The van der Waals surface area contributed by atoms with Crippen LogP contribution in [0.25, 0.3) is 11.1 Å². The van der Waals surface area contributed by atoms with Gasteiger partial charge in [-0.15, -0.1) is 0 Å². The zero-order valence-corrected chi connectivity index (χ0v) is 17.5. The lowest BCUT2D eigenvalue weighted by atomic mass is 9.98. The quantitative estimate of drug-likeness (QED) is 0.432. The third kappa shape index (κ3) is 4.67. The van der Waals surface area contributed by atoms with Gasteiger partial charge in [0.15, 0.2) is 11.6 Å². The number of halogens is 2. The number of fused-ring (bicyclic) bond motifs is 3. The van der Waals surface area contributed by atoms with Crippen LogP contribution in [0.5, 0.6) is 5.75 Å². The summed E-state index contributed by atoms with van der Waals surface area (Å²) in [5, 5.41) is 32.4. The average molecular weight is 455 g/mol. The summed E-state index contributed by atoms with van der Waals surface area (Å²) >= 11 is 0. The zero-order chi connectivity index (χ0) is 23.5. The van der Waals surface area contributed by atoms with E-state index in [0.29, 0.717) is 6.07 Å². The molecule has 0 radical (unpaired) electrons. The number of aliphatic hydroxyl groups excluding tert-OH is 2. The van der Waals surface area contributed by atoms with Crippen LogP contribution < -0.4 is 5.32 Å². The van der Waals surface area contributed by atoms with Gasteiger partial charge in [-0.1, -0.05) is 48.5 Å². The van der Waals surface area contributed by atoms with E-state index < -0.39 is 41.2 Å². The summed E-state index contributed by atoms with van der Waals surface area (Å²) in [5.74, 6) is -3.27. The summed E-state index contributed by atoms with van der Waals surface area (Å²) < 4.78 is 32.2. The average Bonchev–Trinajstić information content (AvgIpc) is 3.13. The number of nitrogens with one attached hydrogen (secondary N) is 1. The minimum absolute atomic E-state index is 0.0620. The number of aliphatic hydroxyl groups is 2. The van der Waals surface area contributed by atoms with Crippen molar-refractivity contribution in [3.05, 3.63) is 89.0 Å². The standard InChI is InChI=1S/C25H23F2NO5/c26-14-11-19(23(30)21(27)12-14)24(31)22(29)9-10-28-25(32)33-13-20-17-7-3-1-5-15(17)16-6-2-4-8-18(16)20/h1-8,11-12,20,22,24,29-31H,9-10,13H2,(H,28,32). The van der Waals surface area contributed by atoms with Gasteiger partial charge in [0.1, 0.15) is 18.5 Å². The molecule has 0 heterocycles. The van der Waals surface area contributed by atoms with E-state index >= 15 is 0 Å². The molecule has 0 saturated carbocycles. The van der Waals surface area contributed by atoms with Crippen molar-refractivity contribution in [2.24, 2.45) is 0 Å². The van der Waals surface area contributed by atoms with E-state index in [9.17, 15) is 28.9 Å². The lowest BCUT2D eigenvalue weighted by Gasteiger charge is -2.20. The number of carbonyl (C=O) groups excluding carboxylic acids is 1. The molecule has 1 aliphatic rings. The number of alkyl carbamates (subject to hydrolysis) is 1. The number of carbonyl (C=O) groups is 1. The third-order valence-corrected chi connectivity index (χ3v) is 5.79. The van der Waals surface area contributed by atoms with E-state index in [4.69, 9.17) is 4.74 Å². The zero-order valence-electron chi connectivity index (χ0n) is 17.5. The molecular weight excluding hydrogens is 432 g/mol. The van der Waals surface area contributed by atoms with E-state index in [1.165, 1.54) is 0 Å². The first kappa shape index (κ1) is 22.7. The largest absolute Gasteiger partial charge is 0.505 e. The van der Waals surface area contributed by atoms with E-state index in [2.05, 4.69) is 5.32 Å². The van der Waals surface area contributed by atoms with Crippen molar-refractivity contribution in [1.82, 2.24) is 5.32 Å². The highest BCUT2D eigenvalue weighted by Gasteiger charge is 2.29. The number of aromatic hydroxyl groups is 1. The second-order valence-corrected chi connectivity index (χ2v) is 7.88. The van der Waals surface area contributed by atoms with Crippen molar-refractivity contribution in [1.29, 1.82) is 0 Å². The Morgan fingerprint density at radius 2 is 1.61 bits per heavy atom. The van der Waals surface area contributed by atoms with Crippen LogP contribution in [0.3, 0.4) is 0 Å². The van der Waals surface area contributed by atoms with Crippen molar-refractivity contribution in [3.63, 3.8) is 0 Å². The number of ether oxygens (including phenoxy) is 1. The molecule has 3 aromatic carbocycles. The summed E-state index contributed by atoms with van der Waals surface area (Å²) in [7, 11) is 0. The lowest BCUT2D eigenvalue weighted by Crippen LogP contribution is -2.30. The Morgan fingerprint density at radius 3 is 2.24 bits per heavy atom. The molecule has 33 heavy (non-hydrogen) atoms. The summed E-state index contributed by atoms with van der Waals surface area (Å²) in [6, 6.07) is 17.1. The number of hydrogen-bond donors (Lipinski definition) is 4. The minimum Gasteiger partial charge on any atom is -0.505 e. The molecule has 0 spiro atoms. The maximum atomic E-state index is 13.5. The molecule has 0 fully saturated rings. The minimum atomic E-state index is -1.74. The molecule has 0 bridgehead atoms. The smallest absolute Gasteiger partial charge is 0.407 e. The maximum absolute atomic E-state index is 13.5. The second kappa shape index (κ2) is 9.56. The van der Waals surface area contributed by atoms with Crippen LogP contribution in [0.4, 0.5) is 13.6 Å². The van der Waals surface area contributed by atoms with Crippen LogP contribution in [-0.2, 0) is 4.74 Å². The normalized spacial score (nSPS) is 14.3. The highest BCUT2D eigenvalue weighted by atomic mass is 19.1. The number of hydrogen-bond acceptors (Lipinski definition) is 5. The van der Waals surface area contributed by atoms with E-state index in [-0.39, 0.29) is 25.5 Å². The Morgan fingerprint density at radius 1 is 1.00 bits per heavy atom. The molecule has 0 saturated heterocycles. The molecule has 0 aromatic heterocycles. The van der Waals surface area contributed by atoms with E-state index in [0.717, 1.165) is 28.3 Å². The van der Waals surface area contributed by atoms with Gasteiger partial charge in [0.05, 0.1) is 6.10 Å². The second-order valence-electron chi connectivity index (χ2n) is 7.88. The first-order valence-electron chi connectivity index (χ1n) is 10.5. The molecule has 2 unspecified atom stereocenters. The Bertz CT molecular complexity index is 1120. The molecule has 4 N–H and O–H groups in total. The number of phenols is 1. The third-order valence-electron chi connectivity index (χ3n) is 5.79. The Hall–Kier alpha value is -3.49. The molecule has 1 amide bonds. The molecule has 1 aliphatic carbocycles. The number of rotatable bonds is 7. The molecule has 0 aliphatic heterocycles. The summed E-state index contributed by atoms with van der Waals surface area (Å²) in [5.41, 5.74) is 3.90. The van der Waals surface area contributed by atoms with Crippen molar-refractivity contribution < 1.29 is 33.6 Å². The van der Waals surface area contributed by atoms with Crippen molar-refractivity contribution >= 4 is 6.09 Å². The topological polar surface area (TPSA) is 99.0 Å². The van der Waals surface area contributed by atoms with Gasteiger partial charge >= 0.3 is 6.09 Å². The van der Waals surface area contributed by atoms with Gasteiger partial charge in [-0.2, -0.15) is 0 Å². The predicted octanol–water partition coefficient (Wildman–Crippen LogP) is 3.99. The summed E-state index contributed by atoms with van der Waals surface area (Å²) in [6.45, 7) is 0.0644. The van der Waals surface area contributed by atoms with Gasteiger partial charge < -0.3 is 25.4 Å². The monoisotopic (exact) mass is 455 g/mol. The van der Waals surface area contributed by atoms with Gasteiger partial charge in [-0.05, 0) is 34.7 Å². The summed E-state index contributed by atoms with van der Waals surface area (Å²) in [6.07, 6.45) is -4.05. The van der Waals surface area contributed by atoms with E-state index in [1.807, 2.05) is 48.5 Å². The van der Waals surface area contributed by atoms with Crippen LogP contribution in [0.2, 0.25) is 0 Å². The number of amides is 1. The Balaban J connectivity index is 1.30. The summed E-state index contributed by atoms with van der Waals surface area (Å²) in [4.78, 5) is 12.2. The highest BCUT2D eigenvalue weighted by Crippen LogP contribution is 2.44. The number of benzene rings is 3. The fourth-order valence-electron chi connectivity index (χ4n) is 4.15. The van der Waals surface area contributed by atoms with Crippen LogP contribution >= 0.6 is 0 Å². The first-order chi connectivity index (χ1) is 15.9. The molecular formula is C25H23F2NO5. The fraction of sp³-hybridized carbons (Fsp3) is 0.240. The molecule has 4 rings (SSSR count). The number of phenolic OH excluding ortho intramolecular Hbond substituents is 1. The van der Waals surface area contributed by atoms with Crippen molar-refractivity contribution in [2.75, 3.05) is 13.2 Å². The lowest BCUT2D eigenvalue weighted by molar-refractivity contribution is 0.0119. The van der Waals surface area contributed by atoms with E-state index in [1.54, 1.807) is 0 Å². The molecule has 172 valence electrons. The SMILES string of the molecule is O=C(NCCC(O)C(O)c1cc(F)cc(F)c1O)OCC1c2ccccc2-c2ccccc21. The van der Waals surface area contributed by atoms with Crippen molar-refractivity contribution in [2.45, 2.75) is 24.5 Å². The molecule has 6 nitrogen and oxygen atoms in total. The van der Waals surface area contributed by atoms with Gasteiger partial charge in [0, 0.05) is 24.1 Å². The van der Waals surface area contributed by atoms with Crippen LogP contribution in [-0.4, -0.2) is 40.7 Å². The van der Waals surface area contributed by atoms with Crippen LogP contribution in [0, 0.1) is 11.6 Å². The molecule has 8 heteroatoms. The Labute approximate surface area is 189 Å². The molecule has 2 atom stereocenters. The maximum Gasteiger partial charge on any atom is 0.407 e. The predicted molar refractivity (Wildman–Crippen MR) is 117 cm³/mol. The van der Waals surface area contributed by atoms with Crippen molar-refractivity contribution in [3.8, 4) is 16.9 Å². The Kier molecular flexibility index (Phi) is 6.57. The van der Waals surface area contributed by atoms with Crippen LogP contribution in [0.15, 0.2) is 60.7 Å². The molecule has 3 aromatic rings. The highest BCUT2D eigenvalue weighted by molar-refractivity contribution is 5.79.